The first-order valence-electron chi connectivity index (χ1n) is 6.40. The summed E-state index contributed by atoms with van der Waals surface area (Å²) < 4.78 is 13.2. The van der Waals surface area contributed by atoms with Gasteiger partial charge < -0.3 is 5.73 Å². The summed E-state index contributed by atoms with van der Waals surface area (Å²) in [5.74, 6) is 0.653. The van der Waals surface area contributed by atoms with Crippen LogP contribution in [0.1, 0.15) is 39.0 Å². The van der Waals surface area contributed by atoms with Crippen molar-refractivity contribution in [2.45, 2.75) is 49.2 Å². The molecule has 94 valence electrons. The van der Waals surface area contributed by atoms with Crippen molar-refractivity contribution in [2.24, 2.45) is 5.92 Å². The number of rotatable bonds is 3. The third kappa shape index (κ3) is 3.38. The van der Waals surface area contributed by atoms with Crippen LogP contribution in [0.15, 0.2) is 23.1 Å². The molecular weight excluding hydrogens is 233 g/mol. The summed E-state index contributed by atoms with van der Waals surface area (Å²) in [4.78, 5) is 0.909. The molecule has 0 aliphatic heterocycles. The van der Waals surface area contributed by atoms with Crippen LogP contribution in [-0.4, -0.2) is 5.25 Å². The van der Waals surface area contributed by atoms with Gasteiger partial charge in [0.2, 0.25) is 0 Å². The summed E-state index contributed by atoms with van der Waals surface area (Å²) in [6.45, 7) is 2.26. The lowest BCUT2D eigenvalue weighted by atomic mass is 9.87. The van der Waals surface area contributed by atoms with Crippen molar-refractivity contribution in [2.75, 3.05) is 5.73 Å². The van der Waals surface area contributed by atoms with Gasteiger partial charge >= 0.3 is 0 Å². The first kappa shape index (κ1) is 12.7. The van der Waals surface area contributed by atoms with E-state index in [9.17, 15) is 4.39 Å². The Kier molecular flexibility index (Phi) is 4.32. The molecule has 0 saturated heterocycles. The van der Waals surface area contributed by atoms with E-state index in [1.807, 2.05) is 0 Å². The van der Waals surface area contributed by atoms with Crippen LogP contribution in [-0.2, 0) is 0 Å². The lowest BCUT2D eigenvalue weighted by Gasteiger charge is -2.28. The van der Waals surface area contributed by atoms with Gasteiger partial charge in [0, 0.05) is 15.8 Å². The van der Waals surface area contributed by atoms with Crippen LogP contribution in [0.3, 0.4) is 0 Å². The van der Waals surface area contributed by atoms with Gasteiger partial charge in [-0.1, -0.05) is 26.2 Å². The van der Waals surface area contributed by atoms with Gasteiger partial charge in [0.15, 0.2) is 0 Å². The Balaban J connectivity index is 2.02. The van der Waals surface area contributed by atoms with E-state index in [-0.39, 0.29) is 5.82 Å². The van der Waals surface area contributed by atoms with Crippen molar-refractivity contribution in [1.82, 2.24) is 0 Å². The molecule has 1 saturated carbocycles. The molecule has 0 spiro atoms. The molecule has 0 amide bonds. The molecule has 1 aliphatic carbocycles. The fourth-order valence-electron chi connectivity index (χ4n) is 2.51. The maximum absolute atomic E-state index is 13.2. The van der Waals surface area contributed by atoms with Gasteiger partial charge in [0.25, 0.3) is 0 Å². The zero-order chi connectivity index (χ0) is 12.3. The number of nitrogen functional groups attached to an aromatic ring is 1. The summed E-state index contributed by atoms with van der Waals surface area (Å²) in [6.07, 6.45) is 6.39. The molecule has 1 aromatic carbocycles. The highest BCUT2D eigenvalue weighted by Crippen LogP contribution is 2.39. The third-order valence-corrected chi connectivity index (χ3v) is 4.95. The van der Waals surface area contributed by atoms with E-state index in [4.69, 9.17) is 5.73 Å². The molecule has 0 heterocycles. The Morgan fingerprint density at radius 3 is 3.00 bits per heavy atom. The van der Waals surface area contributed by atoms with Crippen molar-refractivity contribution < 1.29 is 4.39 Å². The largest absolute Gasteiger partial charge is 0.398 e. The van der Waals surface area contributed by atoms with Crippen molar-refractivity contribution in [3.63, 3.8) is 0 Å². The Bertz CT molecular complexity index is 380. The minimum Gasteiger partial charge on any atom is -0.398 e. The molecule has 0 bridgehead atoms. The molecule has 1 aliphatic rings. The van der Waals surface area contributed by atoms with E-state index in [2.05, 4.69) is 6.92 Å². The summed E-state index contributed by atoms with van der Waals surface area (Å²) in [7, 11) is 0. The second-order valence-electron chi connectivity index (χ2n) is 4.86. The van der Waals surface area contributed by atoms with Gasteiger partial charge in [-0.25, -0.2) is 4.39 Å². The number of benzene rings is 1. The predicted octanol–water partition coefficient (Wildman–Crippen LogP) is 4.47. The fourth-order valence-corrected chi connectivity index (χ4v) is 3.91. The van der Waals surface area contributed by atoms with Gasteiger partial charge in [-0.05, 0) is 37.0 Å². The summed E-state index contributed by atoms with van der Waals surface area (Å²) in [5, 5.41) is 0.609. The summed E-state index contributed by atoms with van der Waals surface area (Å²) >= 11 is 1.76. The van der Waals surface area contributed by atoms with Crippen molar-refractivity contribution >= 4 is 17.4 Å². The number of thioether (sulfide) groups is 1. The Morgan fingerprint density at radius 1 is 1.41 bits per heavy atom. The Hall–Kier alpha value is -0.700. The predicted molar refractivity (Wildman–Crippen MR) is 72.7 cm³/mol. The van der Waals surface area contributed by atoms with E-state index in [1.54, 1.807) is 23.9 Å². The topological polar surface area (TPSA) is 26.0 Å². The summed E-state index contributed by atoms with van der Waals surface area (Å²) in [6, 6.07) is 4.66. The molecule has 2 unspecified atom stereocenters. The van der Waals surface area contributed by atoms with Gasteiger partial charge in [-0.15, -0.1) is 11.8 Å². The normalized spacial score (nSPS) is 24.8. The minimum atomic E-state index is -0.190. The smallest absolute Gasteiger partial charge is 0.124 e. The molecular formula is C14H20FNS. The number of halogens is 1. The number of nitrogens with two attached hydrogens (primary N) is 1. The highest BCUT2D eigenvalue weighted by Gasteiger charge is 2.22. The SMILES string of the molecule is CCC1CCCC(Sc2cc(F)ccc2N)C1. The first-order chi connectivity index (χ1) is 8.19. The Morgan fingerprint density at radius 2 is 2.24 bits per heavy atom. The molecule has 0 radical (unpaired) electrons. The maximum Gasteiger partial charge on any atom is 0.124 e. The van der Waals surface area contributed by atoms with Crippen LogP contribution < -0.4 is 5.73 Å². The molecule has 2 atom stereocenters. The van der Waals surface area contributed by atoms with E-state index >= 15 is 0 Å². The molecule has 1 fully saturated rings. The van der Waals surface area contributed by atoms with Gasteiger partial charge in [0.1, 0.15) is 5.82 Å². The fraction of sp³-hybridized carbons (Fsp3) is 0.571. The second kappa shape index (κ2) is 5.76. The number of hydrogen-bond acceptors (Lipinski definition) is 2. The van der Waals surface area contributed by atoms with Crippen molar-refractivity contribution in [1.29, 1.82) is 0 Å². The average molecular weight is 253 g/mol. The first-order valence-corrected chi connectivity index (χ1v) is 7.28. The van der Waals surface area contributed by atoms with Crippen LogP contribution in [0.4, 0.5) is 10.1 Å². The lowest BCUT2D eigenvalue weighted by molar-refractivity contribution is 0.357. The monoisotopic (exact) mass is 253 g/mol. The van der Waals surface area contributed by atoms with E-state index in [1.165, 1.54) is 38.2 Å². The quantitative estimate of drug-likeness (QED) is 0.804. The minimum absolute atomic E-state index is 0.190. The standard InChI is InChI=1S/C14H20FNS/c1-2-10-4-3-5-12(8-10)17-14-9-11(15)6-7-13(14)16/h6-7,9-10,12H,2-5,8,16H2,1H3. The van der Waals surface area contributed by atoms with E-state index in [0.29, 0.717) is 10.9 Å². The van der Waals surface area contributed by atoms with E-state index in [0.717, 1.165) is 10.8 Å². The maximum atomic E-state index is 13.2. The molecule has 0 aromatic heterocycles. The van der Waals surface area contributed by atoms with Crippen LogP contribution in [0.2, 0.25) is 0 Å². The van der Waals surface area contributed by atoms with Crippen molar-refractivity contribution in [3.8, 4) is 0 Å². The molecule has 17 heavy (non-hydrogen) atoms. The molecule has 3 heteroatoms. The van der Waals surface area contributed by atoms with Gasteiger partial charge in [-0.3, -0.25) is 0 Å². The number of anilines is 1. The van der Waals surface area contributed by atoms with Crippen LogP contribution in [0.5, 0.6) is 0 Å². The van der Waals surface area contributed by atoms with Gasteiger partial charge in [-0.2, -0.15) is 0 Å². The second-order valence-corrected chi connectivity index (χ2v) is 6.21. The molecule has 1 nitrogen and oxygen atoms in total. The zero-order valence-electron chi connectivity index (χ0n) is 10.3. The molecule has 2 N–H and O–H groups in total. The molecule has 1 aromatic rings. The van der Waals surface area contributed by atoms with Crippen LogP contribution in [0, 0.1) is 11.7 Å². The average Bonchev–Trinajstić information content (AvgIpc) is 2.34. The summed E-state index contributed by atoms with van der Waals surface area (Å²) in [5.41, 5.74) is 6.59. The lowest BCUT2D eigenvalue weighted by Crippen LogP contribution is -2.16. The van der Waals surface area contributed by atoms with Crippen LogP contribution >= 0.6 is 11.8 Å². The zero-order valence-corrected chi connectivity index (χ0v) is 11.1. The van der Waals surface area contributed by atoms with Gasteiger partial charge in [0.05, 0.1) is 0 Å². The third-order valence-electron chi connectivity index (χ3n) is 3.58. The van der Waals surface area contributed by atoms with Crippen molar-refractivity contribution in [3.05, 3.63) is 24.0 Å². The highest BCUT2D eigenvalue weighted by molar-refractivity contribution is 8.00. The van der Waals surface area contributed by atoms with Crippen LogP contribution in [0.25, 0.3) is 0 Å². The van der Waals surface area contributed by atoms with E-state index < -0.39 is 0 Å². The number of hydrogen-bond donors (Lipinski definition) is 1. The Labute approximate surface area is 107 Å². The molecule has 2 rings (SSSR count). The highest BCUT2D eigenvalue weighted by atomic mass is 32.2.